The molecule has 0 saturated heterocycles. The Bertz CT molecular complexity index is 674. The number of aryl methyl sites for hydroxylation is 1. The fourth-order valence-corrected chi connectivity index (χ4v) is 3.33. The number of rotatable bonds is 6. The van der Waals surface area contributed by atoms with Gasteiger partial charge < -0.3 is 9.73 Å². The van der Waals surface area contributed by atoms with E-state index in [1.165, 1.54) is 17.4 Å². The Morgan fingerprint density at radius 3 is 2.75 bits per heavy atom. The Morgan fingerprint density at radius 2 is 2.15 bits per heavy atom. The molecule has 0 bridgehead atoms. The van der Waals surface area contributed by atoms with Gasteiger partial charge in [-0.15, -0.1) is 11.3 Å². The summed E-state index contributed by atoms with van der Waals surface area (Å²) in [7, 11) is -3.71. The Balaban J connectivity index is 2.09. The molecule has 20 heavy (non-hydrogen) atoms. The summed E-state index contributed by atoms with van der Waals surface area (Å²) in [5.74, 6) is 0.578. The summed E-state index contributed by atoms with van der Waals surface area (Å²) in [6.45, 7) is 6.36. The van der Waals surface area contributed by atoms with Crippen molar-refractivity contribution in [3.8, 4) is 0 Å². The van der Waals surface area contributed by atoms with Crippen LogP contribution >= 0.6 is 11.3 Å². The molecule has 0 saturated carbocycles. The molecule has 0 unspecified atom stereocenters. The molecule has 0 amide bonds. The van der Waals surface area contributed by atoms with Crippen LogP contribution in [-0.4, -0.2) is 19.4 Å². The third-order valence-corrected chi connectivity index (χ3v) is 4.60. The van der Waals surface area contributed by atoms with Crippen molar-refractivity contribution in [2.75, 3.05) is 4.72 Å². The molecule has 6 nitrogen and oxygen atoms in total. The summed E-state index contributed by atoms with van der Waals surface area (Å²) < 4.78 is 31.9. The first-order valence-electron chi connectivity index (χ1n) is 6.14. The first-order chi connectivity index (χ1) is 9.37. The van der Waals surface area contributed by atoms with Crippen LogP contribution in [0, 0.1) is 6.92 Å². The molecule has 0 radical (unpaired) electrons. The predicted octanol–water partition coefficient (Wildman–Crippen LogP) is 2.34. The van der Waals surface area contributed by atoms with Gasteiger partial charge in [-0.2, -0.15) is 8.42 Å². The summed E-state index contributed by atoms with van der Waals surface area (Å²) in [6, 6.07) is 3.40. The molecule has 0 fully saturated rings. The zero-order valence-corrected chi connectivity index (χ0v) is 13.1. The van der Waals surface area contributed by atoms with Crippen molar-refractivity contribution in [3.05, 3.63) is 29.0 Å². The van der Waals surface area contributed by atoms with Crippen LogP contribution in [0.2, 0.25) is 0 Å². The summed E-state index contributed by atoms with van der Waals surface area (Å²) in [5, 5.41) is 3.39. The van der Waals surface area contributed by atoms with Gasteiger partial charge in [0.2, 0.25) is 5.09 Å². The molecular weight excluding hydrogens is 298 g/mol. The highest BCUT2D eigenvalue weighted by Crippen LogP contribution is 2.22. The molecule has 0 spiro atoms. The van der Waals surface area contributed by atoms with Gasteiger partial charge in [-0.05, 0) is 19.1 Å². The van der Waals surface area contributed by atoms with E-state index in [9.17, 15) is 8.42 Å². The number of hydrogen-bond acceptors (Lipinski definition) is 6. The van der Waals surface area contributed by atoms with Gasteiger partial charge in [0.1, 0.15) is 5.76 Å². The van der Waals surface area contributed by atoms with E-state index < -0.39 is 10.0 Å². The van der Waals surface area contributed by atoms with Crippen molar-refractivity contribution in [2.24, 2.45) is 0 Å². The Labute approximate surface area is 122 Å². The standard InChI is InChI=1S/C12H17N3O3S2/c1-8(2)13-7-10-4-5-11(18-10)20(16,17)15-12-14-6-9(3)19-12/h4-6,8,13H,7H2,1-3H3,(H,14,15). The van der Waals surface area contributed by atoms with Gasteiger partial charge in [-0.25, -0.2) is 4.98 Å². The maximum atomic E-state index is 12.1. The number of aromatic nitrogens is 1. The maximum Gasteiger partial charge on any atom is 0.297 e. The van der Waals surface area contributed by atoms with E-state index in [1.54, 1.807) is 12.3 Å². The Kier molecular flexibility index (Phi) is 4.46. The number of thiazole rings is 1. The third kappa shape index (κ3) is 3.81. The summed E-state index contributed by atoms with van der Waals surface area (Å²) in [5.41, 5.74) is 0. The molecule has 2 aromatic rings. The number of hydrogen-bond donors (Lipinski definition) is 2. The lowest BCUT2D eigenvalue weighted by atomic mass is 10.3. The molecule has 110 valence electrons. The van der Waals surface area contributed by atoms with Crippen molar-refractivity contribution >= 4 is 26.5 Å². The molecule has 0 aliphatic carbocycles. The molecule has 0 aliphatic heterocycles. The van der Waals surface area contributed by atoms with E-state index in [0.717, 1.165) is 4.88 Å². The van der Waals surface area contributed by atoms with Crippen LogP contribution in [0.1, 0.15) is 24.5 Å². The van der Waals surface area contributed by atoms with E-state index in [1.807, 2.05) is 20.8 Å². The lowest BCUT2D eigenvalue weighted by Gasteiger charge is -2.05. The van der Waals surface area contributed by atoms with E-state index in [4.69, 9.17) is 4.42 Å². The van der Waals surface area contributed by atoms with Gasteiger partial charge in [-0.1, -0.05) is 13.8 Å². The average Bonchev–Trinajstić information content (AvgIpc) is 2.95. The monoisotopic (exact) mass is 315 g/mol. The smallest absolute Gasteiger partial charge is 0.297 e. The van der Waals surface area contributed by atoms with Crippen LogP contribution in [0.3, 0.4) is 0 Å². The fourth-order valence-electron chi connectivity index (χ4n) is 1.47. The molecule has 2 rings (SSSR count). The van der Waals surface area contributed by atoms with Crippen molar-refractivity contribution < 1.29 is 12.8 Å². The van der Waals surface area contributed by atoms with Gasteiger partial charge in [0, 0.05) is 17.1 Å². The highest BCUT2D eigenvalue weighted by molar-refractivity contribution is 7.92. The second-order valence-electron chi connectivity index (χ2n) is 4.64. The Morgan fingerprint density at radius 1 is 1.40 bits per heavy atom. The van der Waals surface area contributed by atoms with E-state index in [2.05, 4.69) is 15.0 Å². The molecule has 2 N–H and O–H groups in total. The highest BCUT2D eigenvalue weighted by atomic mass is 32.2. The van der Waals surface area contributed by atoms with Gasteiger partial charge >= 0.3 is 0 Å². The van der Waals surface area contributed by atoms with Gasteiger partial charge in [0.05, 0.1) is 6.54 Å². The molecule has 2 aromatic heterocycles. The van der Waals surface area contributed by atoms with Crippen molar-refractivity contribution in [3.63, 3.8) is 0 Å². The quantitative estimate of drug-likeness (QED) is 0.855. The van der Waals surface area contributed by atoms with Gasteiger partial charge in [0.15, 0.2) is 5.13 Å². The second kappa shape index (κ2) is 5.94. The summed E-state index contributed by atoms with van der Waals surface area (Å²) in [4.78, 5) is 4.90. The molecular formula is C12H17N3O3S2. The normalized spacial score (nSPS) is 12.0. The molecule has 2 heterocycles. The third-order valence-electron chi connectivity index (χ3n) is 2.43. The number of nitrogens with one attached hydrogen (secondary N) is 2. The lowest BCUT2D eigenvalue weighted by molar-refractivity contribution is 0.396. The highest BCUT2D eigenvalue weighted by Gasteiger charge is 2.20. The van der Waals surface area contributed by atoms with E-state index in [-0.39, 0.29) is 5.09 Å². The molecule has 8 heteroatoms. The fraction of sp³-hybridized carbons (Fsp3) is 0.417. The first-order valence-corrected chi connectivity index (χ1v) is 8.44. The van der Waals surface area contributed by atoms with Gasteiger partial charge in [-0.3, -0.25) is 4.72 Å². The average molecular weight is 315 g/mol. The van der Waals surface area contributed by atoms with Crippen molar-refractivity contribution in [1.29, 1.82) is 0 Å². The number of sulfonamides is 1. The summed E-state index contributed by atoms with van der Waals surface area (Å²) >= 11 is 1.27. The molecule has 0 atom stereocenters. The van der Waals surface area contributed by atoms with E-state index >= 15 is 0 Å². The SMILES string of the molecule is Cc1cnc(NS(=O)(=O)c2ccc(CNC(C)C)o2)s1. The first kappa shape index (κ1) is 15.0. The zero-order chi connectivity index (χ0) is 14.8. The molecule has 0 aromatic carbocycles. The molecule has 0 aliphatic rings. The predicted molar refractivity (Wildman–Crippen MR) is 78.3 cm³/mol. The largest absolute Gasteiger partial charge is 0.446 e. The van der Waals surface area contributed by atoms with Crippen LogP contribution < -0.4 is 10.0 Å². The van der Waals surface area contributed by atoms with Crippen LogP contribution in [0.25, 0.3) is 0 Å². The minimum Gasteiger partial charge on any atom is -0.446 e. The van der Waals surface area contributed by atoms with Gasteiger partial charge in [0.25, 0.3) is 10.0 Å². The Hall–Kier alpha value is -1.38. The minimum absolute atomic E-state index is 0.106. The van der Waals surface area contributed by atoms with Crippen molar-refractivity contribution in [1.82, 2.24) is 10.3 Å². The minimum atomic E-state index is -3.71. The zero-order valence-electron chi connectivity index (χ0n) is 11.5. The van der Waals surface area contributed by atoms with Crippen LogP contribution in [0.15, 0.2) is 27.8 Å². The van der Waals surface area contributed by atoms with Crippen molar-refractivity contribution in [2.45, 2.75) is 38.5 Å². The number of furan rings is 1. The second-order valence-corrected chi connectivity index (χ2v) is 7.49. The number of nitrogens with zero attached hydrogens (tertiary/aromatic N) is 1. The van der Waals surface area contributed by atoms with Crippen LogP contribution in [0.5, 0.6) is 0 Å². The van der Waals surface area contributed by atoms with Crippen LogP contribution in [-0.2, 0) is 16.6 Å². The summed E-state index contributed by atoms with van der Waals surface area (Å²) in [6.07, 6.45) is 1.61. The van der Waals surface area contributed by atoms with Crippen LogP contribution in [0.4, 0.5) is 5.13 Å². The topological polar surface area (TPSA) is 84.2 Å². The number of anilines is 1. The lowest BCUT2D eigenvalue weighted by Crippen LogP contribution is -2.21. The van der Waals surface area contributed by atoms with E-state index in [0.29, 0.717) is 23.5 Å². The maximum absolute atomic E-state index is 12.1.